The molecule has 0 fully saturated rings. The Balaban J connectivity index is 2.00. The van der Waals surface area contributed by atoms with Gasteiger partial charge in [0.05, 0.1) is 5.69 Å². The number of benzene rings is 1. The van der Waals surface area contributed by atoms with Crippen molar-refractivity contribution in [3.63, 3.8) is 0 Å². The number of nitrogens with zero attached hydrogens (tertiary/aromatic N) is 1. The third-order valence-electron chi connectivity index (χ3n) is 3.10. The summed E-state index contributed by atoms with van der Waals surface area (Å²) in [5, 5.41) is 5.51. The quantitative estimate of drug-likeness (QED) is 0.870. The lowest BCUT2D eigenvalue weighted by molar-refractivity contribution is -0.120. The fourth-order valence-corrected chi connectivity index (χ4v) is 1.91. The van der Waals surface area contributed by atoms with Crippen LogP contribution in [0, 0.1) is 0 Å². The first-order chi connectivity index (χ1) is 9.61. The van der Waals surface area contributed by atoms with Crippen LogP contribution in [0.2, 0.25) is 0 Å². The number of anilines is 1. The van der Waals surface area contributed by atoms with E-state index in [1.807, 2.05) is 25.1 Å². The van der Waals surface area contributed by atoms with Crippen LogP contribution in [0.25, 0.3) is 0 Å². The summed E-state index contributed by atoms with van der Waals surface area (Å²) >= 11 is 0. The van der Waals surface area contributed by atoms with Gasteiger partial charge in [-0.1, -0.05) is 13.0 Å². The van der Waals surface area contributed by atoms with Crippen LogP contribution < -0.4 is 20.3 Å². The zero-order chi connectivity index (χ0) is 14.5. The Morgan fingerprint density at radius 1 is 1.40 bits per heavy atom. The summed E-state index contributed by atoms with van der Waals surface area (Å²) in [6.07, 6.45) is 0.899. The van der Waals surface area contributed by atoms with E-state index in [2.05, 4.69) is 10.6 Å². The van der Waals surface area contributed by atoms with E-state index in [0.29, 0.717) is 18.8 Å². The largest absolute Gasteiger partial charge is 0.482 e. The number of amides is 3. The van der Waals surface area contributed by atoms with Crippen molar-refractivity contribution in [2.75, 3.05) is 25.1 Å². The fraction of sp³-hybridized carbons (Fsp3) is 0.429. The van der Waals surface area contributed by atoms with E-state index in [4.69, 9.17) is 4.74 Å². The highest BCUT2D eigenvalue weighted by Gasteiger charge is 2.22. The van der Waals surface area contributed by atoms with Crippen LogP contribution in [0.5, 0.6) is 5.75 Å². The first kappa shape index (κ1) is 14.2. The van der Waals surface area contributed by atoms with Crippen molar-refractivity contribution in [1.29, 1.82) is 0 Å². The third-order valence-corrected chi connectivity index (χ3v) is 3.10. The molecule has 2 N–H and O–H groups in total. The Hall–Kier alpha value is -2.24. The average Bonchev–Trinajstić information content (AvgIpc) is 2.47. The van der Waals surface area contributed by atoms with Crippen molar-refractivity contribution < 1.29 is 14.3 Å². The Kier molecular flexibility index (Phi) is 4.45. The number of rotatable bonds is 4. The zero-order valence-electron chi connectivity index (χ0n) is 11.7. The van der Waals surface area contributed by atoms with Gasteiger partial charge in [-0.15, -0.1) is 0 Å². The number of ether oxygens (including phenoxy) is 1. The van der Waals surface area contributed by atoms with Gasteiger partial charge in [-0.2, -0.15) is 0 Å². The molecule has 3 amide bonds. The minimum atomic E-state index is -0.190. The number of likely N-dealkylation sites (N-methyl/N-ethyl adjacent to an activating group) is 1. The number of urea groups is 1. The van der Waals surface area contributed by atoms with E-state index in [0.717, 1.165) is 17.7 Å². The Bertz CT molecular complexity index is 516. The zero-order valence-corrected chi connectivity index (χ0v) is 11.7. The molecule has 1 aliphatic rings. The second-order valence-electron chi connectivity index (χ2n) is 4.65. The summed E-state index contributed by atoms with van der Waals surface area (Å²) in [6.45, 7) is 3.13. The topological polar surface area (TPSA) is 70.7 Å². The Morgan fingerprint density at radius 2 is 2.20 bits per heavy atom. The average molecular weight is 277 g/mol. The summed E-state index contributed by atoms with van der Waals surface area (Å²) in [5.41, 5.74) is 1.65. The lowest BCUT2D eigenvalue weighted by atomic mass is 10.1. The number of carbonyl (C=O) groups is 2. The molecule has 0 unspecified atom stereocenters. The molecule has 6 nitrogen and oxygen atoms in total. The Morgan fingerprint density at radius 3 is 2.95 bits per heavy atom. The number of fused-ring (bicyclic) bond motifs is 1. The van der Waals surface area contributed by atoms with Gasteiger partial charge in [0.15, 0.2) is 6.61 Å². The maximum Gasteiger partial charge on any atom is 0.315 e. The van der Waals surface area contributed by atoms with Crippen molar-refractivity contribution in [2.45, 2.75) is 19.9 Å². The van der Waals surface area contributed by atoms with E-state index in [9.17, 15) is 9.59 Å². The first-order valence-electron chi connectivity index (χ1n) is 6.65. The highest BCUT2D eigenvalue weighted by atomic mass is 16.5. The minimum absolute atomic E-state index is 0.0700. The van der Waals surface area contributed by atoms with Crippen LogP contribution in [0.4, 0.5) is 10.5 Å². The lowest BCUT2D eigenvalue weighted by Gasteiger charge is -2.26. The van der Waals surface area contributed by atoms with Crippen molar-refractivity contribution in [2.24, 2.45) is 0 Å². The van der Waals surface area contributed by atoms with Gasteiger partial charge < -0.3 is 20.3 Å². The monoisotopic (exact) mass is 277 g/mol. The van der Waals surface area contributed by atoms with Gasteiger partial charge in [0.25, 0.3) is 5.91 Å². The van der Waals surface area contributed by atoms with E-state index in [1.54, 1.807) is 11.9 Å². The summed E-state index contributed by atoms with van der Waals surface area (Å²) in [5.74, 6) is 0.606. The van der Waals surface area contributed by atoms with E-state index < -0.39 is 0 Å². The van der Waals surface area contributed by atoms with Crippen molar-refractivity contribution in [3.8, 4) is 5.75 Å². The number of carbonyl (C=O) groups excluding carboxylic acids is 2. The molecule has 1 aromatic rings. The molecule has 0 radical (unpaired) electrons. The first-order valence-corrected chi connectivity index (χ1v) is 6.65. The van der Waals surface area contributed by atoms with Crippen molar-refractivity contribution in [3.05, 3.63) is 23.8 Å². The van der Waals surface area contributed by atoms with Crippen LogP contribution >= 0.6 is 0 Å². The molecule has 0 saturated heterocycles. The van der Waals surface area contributed by atoms with Gasteiger partial charge in [0, 0.05) is 20.1 Å². The van der Waals surface area contributed by atoms with Gasteiger partial charge in [-0.05, 0) is 24.1 Å². The van der Waals surface area contributed by atoms with Crippen LogP contribution in [0.3, 0.4) is 0 Å². The molecule has 108 valence electrons. The molecule has 0 spiro atoms. The molecule has 20 heavy (non-hydrogen) atoms. The van der Waals surface area contributed by atoms with Crippen molar-refractivity contribution >= 4 is 17.6 Å². The molecule has 1 aromatic carbocycles. The van der Waals surface area contributed by atoms with Gasteiger partial charge >= 0.3 is 6.03 Å². The summed E-state index contributed by atoms with van der Waals surface area (Å²) in [6, 6.07) is 5.36. The van der Waals surface area contributed by atoms with Gasteiger partial charge in [-0.25, -0.2) is 4.79 Å². The summed E-state index contributed by atoms with van der Waals surface area (Å²) < 4.78 is 5.35. The minimum Gasteiger partial charge on any atom is -0.482 e. The van der Waals surface area contributed by atoms with Gasteiger partial charge in [0.2, 0.25) is 0 Å². The van der Waals surface area contributed by atoms with E-state index in [1.165, 1.54) is 0 Å². The predicted octanol–water partition coefficient (Wildman–Crippen LogP) is 1.25. The molecular formula is C14H19N3O3. The molecular weight excluding hydrogens is 258 g/mol. The molecule has 0 bridgehead atoms. The highest BCUT2D eigenvalue weighted by Crippen LogP contribution is 2.31. The molecule has 1 aliphatic heterocycles. The molecule has 6 heteroatoms. The number of hydrogen-bond acceptors (Lipinski definition) is 3. The molecule has 2 rings (SSSR count). The van der Waals surface area contributed by atoms with Crippen LogP contribution in [0.15, 0.2) is 18.2 Å². The third kappa shape index (κ3) is 3.20. The van der Waals surface area contributed by atoms with Gasteiger partial charge in [-0.3, -0.25) is 4.79 Å². The van der Waals surface area contributed by atoms with Crippen molar-refractivity contribution in [1.82, 2.24) is 10.6 Å². The molecule has 1 heterocycles. The fourth-order valence-electron chi connectivity index (χ4n) is 1.91. The SMILES string of the molecule is CCCNC(=O)NCc1ccc2c(c1)N(C)C(=O)CO2. The van der Waals surface area contributed by atoms with E-state index >= 15 is 0 Å². The Labute approximate surface area is 118 Å². The van der Waals surface area contributed by atoms with Gasteiger partial charge in [0.1, 0.15) is 5.75 Å². The normalized spacial score (nSPS) is 13.5. The highest BCUT2D eigenvalue weighted by molar-refractivity contribution is 5.97. The number of hydrogen-bond donors (Lipinski definition) is 2. The molecule has 0 saturated carbocycles. The molecule has 0 aliphatic carbocycles. The van der Waals surface area contributed by atoms with Crippen LogP contribution in [-0.2, 0) is 11.3 Å². The smallest absolute Gasteiger partial charge is 0.315 e. The second-order valence-corrected chi connectivity index (χ2v) is 4.65. The summed E-state index contributed by atoms with van der Waals surface area (Å²) in [4.78, 5) is 24.6. The summed E-state index contributed by atoms with van der Waals surface area (Å²) in [7, 11) is 1.72. The second kappa shape index (κ2) is 6.27. The maximum absolute atomic E-state index is 11.6. The van der Waals surface area contributed by atoms with Crippen LogP contribution in [-0.4, -0.2) is 32.1 Å². The van der Waals surface area contributed by atoms with E-state index in [-0.39, 0.29) is 18.5 Å². The molecule has 0 aromatic heterocycles. The standard InChI is InChI=1S/C14H19N3O3/c1-3-6-15-14(19)16-8-10-4-5-12-11(7-10)17(2)13(18)9-20-12/h4-5,7H,3,6,8-9H2,1-2H3,(H2,15,16,19). The lowest BCUT2D eigenvalue weighted by Crippen LogP contribution is -2.36. The molecule has 0 atom stereocenters. The van der Waals surface area contributed by atoms with Crippen LogP contribution in [0.1, 0.15) is 18.9 Å². The maximum atomic E-state index is 11.6. The number of nitrogens with one attached hydrogen (secondary N) is 2. The predicted molar refractivity (Wildman–Crippen MR) is 75.9 cm³/mol.